The molecule has 98 valence electrons. The molecule has 1 aromatic heterocycles. The van der Waals surface area contributed by atoms with Crippen LogP contribution in [0.5, 0.6) is 5.75 Å². The van der Waals surface area contributed by atoms with Gasteiger partial charge in [0.2, 0.25) is 5.78 Å². The van der Waals surface area contributed by atoms with Crippen LogP contribution in [0.3, 0.4) is 0 Å². The van der Waals surface area contributed by atoms with E-state index < -0.39 is 4.92 Å². The average Bonchev–Trinajstić information content (AvgIpc) is 2.90. The molecule has 0 aliphatic rings. The van der Waals surface area contributed by atoms with E-state index in [0.29, 0.717) is 4.88 Å². The molecule has 7 heteroatoms. The van der Waals surface area contributed by atoms with Crippen molar-refractivity contribution in [1.29, 1.82) is 0 Å². The van der Waals surface area contributed by atoms with Gasteiger partial charge in [-0.1, -0.05) is 17.7 Å². The number of hydrogen-bond acceptors (Lipinski definition) is 5. The molecule has 19 heavy (non-hydrogen) atoms. The topological polar surface area (TPSA) is 69.4 Å². The molecule has 1 heterocycles. The minimum Gasteiger partial charge on any atom is -0.478 e. The van der Waals surface area contributed by atoms with E-state index in [1.807, 2.05) is 0 Å². The molecule has 0 aliphatic carbocycles. The Hall–Kier alpha value is -1.92. The van der Waals surface area contributed by atoms with Crippen molar-refractivity contribution in [1.82, 2.24) is 0 Å². The van der Waals surface area contributed by atoms with Crippen molar-refractivity contribution in [2.45, 2.75) is 0 Å². The zero-order chi connectivity index (χ0) is 13.8. The molecule has 0 radical (unpaired) electrons. The molecule has 0 bridgehead atoms. The van der Waals surface area contributed by atoms with Crippen LogP contribution in [0.15, 0.2) is 35.7 Å². The summed E-state index contributed by atoms with van der Waals surface area (Å²) < 4.78 is 5.20. The van der Waals surface area contributed by atoms with Crippen LogP contribution < -0.4 is 4.74 Å². The smallest absolute Gasteiger partial charge is 0.312 e. The first-order valence-electron chi connectivity index (χ1n) is 5.21. The SMILES string of the molecule is O=C(COc1ccc(Cl)cc1[N+](=O)[O-])c1cccs1. The second-order valence-corrected chi connectivity index (χ2v) is 4.94. The average molecular weight is 298 g/mol. The van der Waals surface area contributed by atoms with Gasteiger partial charge in [0.1, 0.15) is 0 Å². The van der Waals surface area contributed by atoms with E-state index in [2.05, 4.69) is 0 Å². The van der Waals surface area contributed by atoms with Crippen LogP contribution in [-0.4, -0.2) is 17.3 Å². The van der Waals surface area contributed by atoms with Crippen molar-refractivity contribution in [3.05, 3.63) is 55.7 Å². The third kappa shape index (κ3) is 3.30. The van der Waals surface area contributed by atoms with Gasteiger partial charge in [-0.05, 0) is 23.6 Å². The van der Waals surface area contributed by atoms with Crippen LogP contribution in [0, 0.1) is 10.1 Å². The Balaban J connectivity index is 2.11. The molecule has 0 saturated heterocycles. The fraction of sp³-hybridized carbons (Fsp3) is 0.0833. The number of nitrogens with zero attached hydrogens (tertiary/aromatic N) is 1. The first-order valence-corrected chi connectivity index (χ1v) is 6.47. The highest BCUT2D eigenvalue weighted by Crippen LogP contribution is 2.30. The third-order valence-electron chi connectivity index (χ3n) is 2.27. The second kappa shape index (κ2) is 5.81. The third-order valence-corrected chi connectivity index (χ3v) is 3.42. The number of ether oxygens (including phenoxy) is 1. The van der Waals surface area contributed by atoms with E-state index in [0.717, 1.165) is 0 Å². The normalized spacial score (nSPS) is 10.2. The predicted molar refractivity (Wildman–Crippen MR) is 72.3 cm³/mol. The van der Waals surface area contributed by atoms with Crippen molar-refractivity contribution in [2.75, 3.05) is 6.61 Å². The summed E-state index contributed by atoms with van der Waals surface area (Å²) in [5, 5.41) is 12.8. The first kappa shape index (κ1) is 13.5. The summed E-state index contributed by atoms with van der Waals surface area (Å²) in [5.41, 5.74) is -0.258. The van der Waals surface area contributed by atoms with E-state index in [4.69, 9.17) is 16.3 Å². The van der Waals surface area contributed by atoms with Crippen molar-refractivity contribution in [3.63, 3.8) is 0 Å². The number of hydrogen-bond donors (Lipinski definition) is 0. The zero-order valence-corrected chi connectivity index (χ0v) is 11.1. The molecular weight excluding hydrogens is 290 g/mol. The summed E-state index contributed by atoms with van der Waals surface area (Å²) in [6.07, 6.45) is 0. The molecule has 1 aromatic carbocycles. The lowest BCUT2D eigenvalue weighted by atomic mass is 10.3. The Labute approximate surface area is 117 Å². The lowest BCUT2D eigenvalue weighted by Gasteiger charge is -2.05. The Morgan fingerprint density at radius 1 is 1.42 bits per heavy atom. The first-order chi connectivity index (χ1) is 9.08. The summed E-state index contributed by atoms with van der Waals surface area (Å²) in [4.78, 5) is 22.5. The number of Topliss-reactive ketones (excluding diaryl/α,β-unsaturated/α-hetero) is 1. The number of thiophene rings is 1. The number of nitro benzene ring substituents is 1. The summed E-state index contributed by atoms with van der Waals surface area (Å²) in [5.74, 6) is -0.196. The number of benzene rings is 1. The van der Waals surface area contributed by atoms with Crippen LogP contribution in [-0.2, 0) is 0 Å². The van der Waals surface area contributed by atoms with Crippen LogP contribution in [0.25, 0.3) is 0 Å². The lowest BCUT2D eigenvalue weighted by molar-refractivity contribution is -0.385. The van der Waals surface area contributed by atoms with Crippen molar-refractivity contribution in [3.8, 4) is 5.75 Å². The van der Waals surface area contributed by atoms with Gasteiger partial charge >= 0.3 is 5.69 Å². The number of rotatable bonds is 5. The van der Waals surface area contributed by atoms with Gasteiger partial charge in [-0.3, -0.25) is 14.9 Å². The molecule has 2 rings (SSSR count). The minimum absolute atomic E-state index is 0.0271. The van der Waals surface area contributed by atoms with Gasteiger partial charge in [-0.25, -0.2) is 0 Å². The fourth-order valence-corrected chi connectivity index (χ4v) is 2.22. The van der Waals surface area contributed by atoms with Crippen LogP contribution in [0.2, 0.25) is 5.02 Å². The number of carbonyl (C=O) groups excluding carboxylic acids is 1. The van der Waals surface area contributed by atoms with Gasteiger partial charge in [-0.15, -0.1) is 11.3 Å². The van der Waals surface area contributed by atoms with Crippen LogP contribution >= 0.6 is 22.9 Å². The molecule has 0 N–H and O–H groups in total. The standard InChI is InChI=1S/C12H8ClNO4S/c13-8-3-4-11(9(6-8)14(16)17)18-7-10(15)12-2-1-5-19-12/h1-6H,7H2. The van der Waals surface area contributed by atoms with Crippen molar-refractivity contribution < 1.29 is 14.5 Å². The monoisotopic (exact) mass is 297 g/mol. The van der Waals surface area contributed by atoms with Crippen LogP contribution in [0.4, 0.5) is 5.69 Å². The maximum absolute atomic E-state index is 11.7. The van der Waals surface area contributed by atoms with E-state index in [9.17, 15) is 14.9 Å². The molecule has 0 amide bonds. The van der Waals surface area contributed by atoms with Gasteiger partial charge in [0.05, 0.1) is 9.80 Å². The largest absolute Gasteiger partial charge is 0.478 e. The fourth-order valence-electron chi connectivity index (χ4n) is 1.41. The van der Waals surface area contributed by atoms with Crippen molar-refractivity contribution in [2.24, 2.45) is 0 Å². The Kier molecular flexibility index (Phi) is 4.13. The van der Waals surface area contributed by atoms with Gasteiger partial charge in [0.25, 0.3) is 0 Å². The number of nitro groups is 1. The Bertz CT molecular complexity index is 612. The molecule has 0 atom stereocenters. The molecule has 0 fully saturated rings. The highest BCUT2D eigenvalue weighted by Gasteiger charge is 2.17. The summed E-state index contributed by atoms with van der Waals surface area (Å²) in [7, 11) is 0. The summed E-state index contributed by atoms with van der Waals surface area (Å²) >= 11 is 6.97. The second-order valence-electron chi connectivity index (χ2n) is 3.56. The molecule has 0 unspecified atom stereocenters. The highest BCUT2D eigenvalue weighted by atomic mass is 35.5. The molecule has 0 saturated carbocycles. The van der Waals surface area contributed by atoms with E-state index in [1.165, 1.54) is 29.5 Å². The Morgan fingerprint density at radius 2 is 2.21 bits per heavy atom. The van der Waals surface area contributed by atoms with Gasteiger partial charge in [0.15, 0.2) is 12.4 Å². The maximum Gasteiger partial charge on any atom is 0.312 e. The molecule has 0 aliphatic heterocycles. The highest BCUT2D eigenvalue weighted by molar-refractivity contribution is 7.12. The Morgan fingerprint density at radius 3 is 2.84 bits per heavy atom. The maximum atomic E-state index is 11.7. The minimum atomic E-state index is -0.600. The van der Waals surface area contributed by atoms with Crippen LogP contribution in [0.1, 0.15) is 9.67 Å². The van der Waals surface area contributed by atoms with Crippen molar-refractivity contribution >= 4 is 34.4 Å². The van der Waals surface area contributed by atoms with Gasteiger partial charge in [0, 0.05) is 11.1 Å². The zero-order valence-electron chi connectivity index (χ0n) is 9.54. The quantitative estimate of drug-likeness (QED) is 0.480. The predicted octanol–water partition coefficient (Wildman–Crippen LogP) is 3.57. The number of carbonyl (C=O) groups is 1. The summed E-state index contributed by atoms with van der Waals surface area (Å²) in [6.45, 7) is -0.247. The van der Waals surface area contributed by atoms with E-state index in [1.54, 1.807) is 17.5 Å². The molecule has 0 spiro atoms. The van der Waals surface area contributed by atoms with E-state index in [-0.39, 0.29) is 28.8 Å². The number of ketones is 1. The lowest BCUT2D eigenvalue weighted by Crippen LogP contribution is -2.10. The molecule has 5 nitrogen and oxygen atoms in total. The number of halogens is 1. The van der Waals surface area contributed by atoms with Gasteiger partial charge in [-0.2, -0.15) is 0 Å². The molecule has 2 aromatic rings. The summed E-state index contributed by atoms with van der Waals surface area (Å²) in [6, 6.07) is 7.46. The van der Waals surface area contributed by atoms with E-state index >= 15 is 0 Å². The van der Waals surface area contributed by atoms with Gasteiger partial charge < -0.3 is 4.74 Å². The molecular formula is C12H8ClNO4S.